The van der Waals surface area contributed by atoms with Gasteiger partial charge in [0.2, 0.25) is 0 Å². The van der Waals surface area contributed by atoms with Gasteiger partial charge in [-0.25, -0.2) is 0 Å². The van der Waals surface area contributed by atoms with E-state index in [1.807, 2.05) is 6.07 Å². The minimum Gasteiger partial charge on any atom is -0.456 e. The van der Waals surface area contributed by atoms with Gasteiger partial charge in [-0.15, -0.1) is 0 Å². The molecule has 0 aliphatic heterocycles. The number of hydrogen-bond acceptors (Lipinski definition) is 1. The van der Waals surface area contributed by atoms with Crippen molar-refractivity contribution in [2.24, 2.45) is 0 Å². The Morgan fingerprint density at radius 2 is 0.848 bits per heavy atom. The highest BCUT2D eigenvalue weighted by Gasteiger charge is 2.36. The van der Waals surface area contributed by atoms with E-state index in [1.54, 1.807) is 0 Å². The summed E-state index contributed by atoms with van der Waals surface area (Å²) in [5, 5.41) is 7.15. The van der Waals surface area contributed by atoms with Crippen molar-refractivity contribution in [2.45, 2.75) is 19.3 Å². The summed E-state index contributed by atoms with van der Waals surface area (Å²) in [5.41, 5.74) is 21.1. The van der Waals surface area contributed by atoms with E-state index in [1.165, 1.54) is 88.2 Å². The highest BCUT2D eigenvalue weighted by Crippen LogP contribution is 2.51. The smallest absolute Gasteiger partial charge is 0.137 e. The predicted molar refractivity (Wildman–Crippen MR) is 276 cm³/mol. The van der Waals surface area contributed by atoms with E-state index >= 15 is 0 Å². The normalized spacial score (nSPS) is 13.1. The Hall–Kier alpha value is -8.40. The molecule has 0 amide bonds. The van der Waals surface area contributed by atoms with Crippen molar-refractivity contribution in [1.82, 2.24) is 9.13 Å². The first-order valence-corrected chi connectivity index (χ1v) is 22.9. The molecule has 66 heavy (non-hydrogen) atoms. The largest absolute Gasteiger partial charge is 0.456 e. The number of para-hydroxylation sites is 2. The van der Waals surface area contributed by atoms with Gasteiger partial charge in [0.05, 0.1) is 22.1 Å². The third kappa shape index (κ3) is 5.38. The van der Waals surface area contributed by atoms with E-state index in [0.29, 0.717) is 0 Å². The molecule has 14 rings (SSSR count). The molecule has 3 heterocycles. The van der Waals surface area contributed by atoms with E-state index in [2.05, 4.69) is 235 Å². The molecule has 1 aliphatic rings. The summed E-state index contributed by atoms with van der Waals surface area (Å²) in [6.07, 6.45) is 0. The van der Waals surface area contributed by atoms with Crippen LogP contribution in [0.4, 0.5) is 0 Å². The Bertz CT molecular complexity index is 4050. The van der Waals surface area contributed by atoms with Crippen LogP contribution in [-0.2, 0) is 5.41 Å². The lowest BCUT2D eigenvalue weighted by atomic mass is 9.82. The standard InChI is InChI=1S/C63H42N2O/c1-63(2)55-24-14-12-22-47(55)49-35-52-50-33-41(26-28-57(50)64(59(52)37-56(49)63)45-20-10-5-11-21-45)42-27-29-58-51(34-42)53-36-54-48-23-13-15-25-61(48)66-62(54)38-60(53)65(58)46-31-43(39-16-6-3-7-17-39)30-44(32-46)40-18-8-4-9-19-40/h3-38H,1-2H3. The summed E-state index contributed by atoms with van der Waals surface area (Å²) in [7, 11) is 0. The molecule has 3 aromatic heterocycles. The minimum absolute atomic E-state index is 0.0991. The number of hydrogen-bond donors (Lipinski definition) is 0. The second kappa shape index (κ2) is 13.8. The maximum Gasteiger partial charge on any atom is 0.137 e. The summed E-state index contributed by atoms with van der Waals surface area (Å²) in [6, 6.07) is 80.2. The lowest BCUT2D eigenvalue weighted by Gasteiger charge is -2.21. The van der Waals surface area contributed by atoms with Crippen molar-refractivity contribution < 1.29 is 4.42 Å². The zero-order valence-corrected chi connectivity index (χ0v) is 36.6. The first-order chi connectivity index (χ1) is 32.5. The average molecular weight is 843 g/mol. The monoisotopic (exact) mass is 842 g/mol. The number of benzene rings is 10. The van der Waals surface area contributed by atoms with E-state index < -0.39 is 0 Å². The first-order valence-electron chi connectivity index (χ1n) is 22.9. The van der Waals surface area contributed by atoms with Crippen LogP contribution in [0.5, 0.6) is 0 Å². The molecule has 3 nitrogen and oxygen atoms in total. The van der Waals surface area contributed by atoms with E-state index in [0.717, 1.165) is 44.3 Å². The SMILES string of the molecule is CC1(C)c2ccccc2-c2cc3c4cc(-c5ccc6c(c5)c5cc7c(cc5n6-c5cc(-c6ccccc6)cc(-c6ccccc6)c5)oc5ccccc57)ccc4n(-c4ccccc4)c3cc21. The van der Waals surface area contributed by atoms with Gasteiger partial charge in [-0.1, -0.05) is 147 Å². The first kappa shape index (κ1) is 37.0. The van der Waals surface area contributed by atoms with Gasteiger partial charge in [-0.3, -0.25) is 0 Å². The molecule has 13 aromatic rings. The zero-order chi connectivity index (χ0) is 43.7. The predicted octanol–water partition coefficient (Wildman–Crippen LogP) is 17.1. The molecular weight excluding hydrogens is 801 g/mol. The maximum atomic E-state index is 6.58. The lowest BCUT2D eigenvalue weighted by Crippen LogP contribution is -2.14. The molecule has 0 atom stereocenters. The zero-order valence-electron chi connectivity index (χ0n) is 36.6. The molecule has 0 radical (unpaired) electrons. The molecule has 0 unspecified atom stereocenters. The fourth-order valence-corrected chi connectivity index (χ4v) is 11.3. The molecule has 0 fully saturated rings. The van der Waals surface area contributed by atoms with Crippen molar-refractivity contribution in [2.75, 3.05) is 0 Å². The Balaban J connectivity index is 1.02. The topological polar surface area (TPSA) is 23.0 Å². The van der Waals surface area contributed by atoms with Gasteiger partial charge in [0, 0.05) is 55.2 Å². The van der Waals surface area contributed by atoms with Crippen molar-refractivity contribution in [3.05, 3.63) is 230 Å². The summed E-state index contributed by atoms with van der Waals surface area (Å²) < 4.78 is 11.5. The second-order valence-corrected chi connectivity index (χ2v) is 18.5. The Labute approximate surface area is 382 Å². The number of rotatable bonds is 5. The van der Waals surface area contributed by atoms with Crippen LogP contribution >= 0.6 is 0 Å². The van der Waals surface area contributed by atoms with E-state index in [4.69, 9.17) is 4.42 Å². The number of aromatic nitrogens is 2. The number of fused-ring (bicyclic) bond motifs is 12. The third-order valence-electron chi connectivity index (χ3n) is 14.5. The summed E-state index contributed by atoms with van der Waals surface area (Å²) in [4.78, 5) is 0. The molecule has 0 bridgehead atoms. The Kier molecular flexibility index (Phi) is 7.74. The summed E-state index contributed by atoms with van der Waals surface area (Å²) in [5.74, 6) is 0. The van der Waals surface area contributed by atoms with Crippen LogP contribution in [0.2, 0.25) is 0 Å². The molecule has 0 saturated heterocycles. The minimum atomic E-state index is -0.0991. The Morgan fingerprint density at radius 3 is 1.53 bits per heavy atom. The van der Waals surface area contributed by atoms with Gasteiger partial charge in [0.1, 0.15) is 11.2 Å². The van der Waals surface area contributed by atoms with Crippen molar-refractivity contribution in [1.29, 1.82) is 0 Å². The molecular formula is C63H42N2O. The van der Waals surface area contributed by atoms with Crippen LogP contribution in [0.3, 0.4) is 0 Å². The number of nitrogens with zero attached hydrogens (tertiary/aromatic N) is 2. The average Bonchev–Trinajstić information content (AvgIpc) is 4.07. The summed E-state index contributed by atoms with van der Waals surface area (Å²) >= 11 is 0. The molecule has 0 spiro atoms. The van der Waals surface area contributed by atoms with Crippen LogP contribution < -0.4 is 0 Å². The molecule has 1 aliphatic carbocycles. The third-order valence-corrected chi connectivity index (χ3v) is 14.5. The van der Waals surface area contributed by atoms with Gasteiger partial charge in [0.25, 0.3) is 0 Å². The van der Waals surface area contributed by atoms with Crippen LogP contribution in [0.25, 0.3) is 121 Å². The highest BCUT2D eigenvalue weighted by molar-refractivity contribution is 6.18. The van der Waals surface area contributed by atoms with Crippen LogP contribution in [0, 0.1) is 0 Å². The van der Waals surface area contributed by atoms with E-state index in [9.17, 15) is 0 Å². The van der Waals surface area contributed by atoms with Gasteiger partial charge in [-0.05, 0) is 134 Å². The van der Waals surface area contributed by atoms with Gasteiger partial charge >= 0.3 is 0 Å². The summed E-state index contributed by atoms with van der Waals surface area (Å²) in [6.45, 7) is 4.74. The Morgan fingerprint density at radius 1 is 0.303 bits per heavy atom. The lowest BCUT2D eigenvalue weighted by molar-refractivity contribution is 0.661. The fourth-order valence-electron chi connectivity index (χ4n) is 11.3. The maximum absolute atomic E-state index is 6.58. The molecule has 0 N–H and O–H groups in total. The van der Waals surface area contributed by atoms with Crippen molar-refractivity contribution in [3.63, 3.8) is 0 Å². The van der Waals surface area contributed by atoms with Gasteiger partial charge in [0.15, 0.2) is 0 Å². The van der Waals surface area contributed by atoms with Gasteiger partial charge in [-0.2, -0.15) is 0 Å². The van der Waals surface area contributed by atoms with Gasteiger partial charge < -0.3 is 13.6 Å². The number of furan rings is 1. The highest BCUT2D eigenvalue weighted by atomic mass is 16.3. The quantitative estimate of drug-likeness (QED) is 0.169. The second-order valence-electron chi connectivity index (χ2n) is 18.5. The van der Waals surface area contributed by atoms with Crippen LogP contribution in [0.15, 0.2) is 223 Å². The van der Waals surface area contributed by atoms with Crippen molar-refractivity contribution in [3.8, 4) is 55.9 Å². The van der Waals surface area contributed by atoms with Crippen molar-refractivity contribution >= 4 is 65.6 Å². The molecule has 0 saturated carbocycles. The molecule has 310 valence electrons. The van der Waals surface area contributed by atoms with Crippen LogP contribution in [-0.4, -0.2) is 9.13 Å². The molecule has 3 heteroatoms. The fraction of sp³-hybridized carbons (Fsp3) is 0.0476. The van der Waals surface area contributed by atoms with E-state index in [-0.39, 0.29) is 5.41 Å². The molecule has 10 aromatic carbocycles. The van der Waals surface area contributed by atoms with Crippen LogP contribution in [0.1, 0.15) is 25.0 Å².